The van der Waals surface area contributed by atoms with Gasteiger partial charge in [-0.05, 0) is 49.1 Å². The predicted molar refractivity (Wildman–Crippen MR) is 96.1 cm³/mol. The van der Waals surface area contributed by atoms with E-state index in [4.69, 9.17) is 0 Å². The molecule has 118 valence electrons. The smallest absolute Gasteiger partial charge is 0.225 e. The first-order valence-corrected chi connectivity index (χ1v) is 9.60. The number of benzene rings is 1. The van der Waals surface area contributed by atoms with Crippen LogP contribution in [-0.2, 0) is 17.6 Å². The molecule has 3 nitrogen and oxygen atoms in total. The van der Waals surface area contributed by atoms with E-state index in [0.717, 1.165) is 42.0 Å². The highest BCUT2D eigenvalue weighted by atomic mass is 32.2. The molecule has 1 aliphatic carbocycles. The number of fused-ring (bicyclic) bond motifs is 1. The maximum atomic E-state index is 12.1. The Labute approximate surface area is 144 Å². The minimum atomic E-state index is 0.00934. The molecular formula is C18H18N2OS2. The van der Waals surface area contributed by atoms with E-state index in [1.54, 1.807) is 23.1 Å². The lowest BCUT2D eigenvalue weighted by molar-refractivity contribution is -0.116. The molecule has 0 unspecified atom stereocenters. The van der Waals surface area contributed by atoms with Crippen molar-refractivity contribution in [3.8, 4) is 6.07 Å². The minimum absolute atomic E-state index is 0.00934. The zero-order chi connectivity index (χ0) is 16.1. The second-order valence-corrected chi connectivity index (χ2v) is 7.76. The first-order valence-electron chi connectivity index (χ1n) is 7.80. The number of carbonyl (C=O) groups is 1. The van der Waals surface area contributed by atoms with Crippen molar-refractivity contribution >= 4 is 34.0 Å². The van der Waals surface area contributed by atoms with E-state index in [1.165, 1.54) is 9.77 Å². The largest absolute Gasteiger partial charge is 0.317 e. The van der Waals surface area contributed by atoms with E-state index in [9.17, 15) is 10.1 Å². The predicted octanol–water partition coefficient (Wildman–Crippen LogP) is 4.62. The number of carbonyl (C=O) groups excluding carboxylic acids is 1. The fraction of sp³-hybridized carbons (Fsp3) is 0.333. The molecule has 0 spiro atoms. The number of hydrogen-bond acceptors (Lipinski definition) is 4. The molecule has 3 rings (SSSR count). The first kappa shape index (κ1) is 16.1. The van der Waals surface area contributed by atoms with Crippen molar-refractivity contribution in [2.45, 2.75) is 37.0 Å². The lowest BCUT2D eigenvalue weighted by atomic mass is 10.1. The van der Waals surface area contributed by atoms with Crippen LogP contribution in [0.1, 0.15) is 35.3 Å². The number of nitrogens with zero attached hydrogens (tertiary/aromatic N) is 1. The van der Waals surface area contributed by atoms with Crippen LogP contribution < -0.4 is 5.32 Å². The molecule has 1 N–H and O–H groups in total. The maximum Gasteiger partial charge on any atom is 0.225 e. The van der Waals surface area contributed by atoms with Crippen LogP contribution in [0, 0.1) is 11.3 Å². The molecule has 0 bridgehead atoms. The Kier molecular flexibility index (Phi) is 5.37. The Morgan fingerprint density at radius 1 is 1.30 bits per heavy atom. The fourth-order valence-corrected chi connectivity index (χ4v) is 4.87. The molecule has 1 heterocycles. The van der Waals surface area contributed by atoms with Gasteiger partial charge in [-0.1, -0.05) is 18.2 Å². The number of anilines is 1. The highest BCUT2D eigenvalue weighted by molar-refractivity contribution is 7.99. The molecule has 0 fully saturated rings. The van der Waals surface area contributed by atoms with Gasteiger partial charge in [0, 0.05) is 16.2 Å². The first-order chi connectivity index (χ1) is 11.3. The third kappa shape index (κ3) is 3.95. The van der Waals surface area contributed by atoms with Gasteiger partial charge < -0.3 is 5.32 Å². The van der Waals surface area contributed by atoms with Gasteiger partial charge >= 0.3 is 0 Å². The van der Waals surface area contributed by atoms with E-state index in [0.29, 0.717) is 12.0 Å². The second kappa shape index (κ2) is 7.67. The molecule has 0 saturated carbocycles. The van der Waals surface area contributed by atoms with E-state index in [-0.39, 0.29) is 5.91 Å². The van der Waals surface area contributed by atoms with Crippen LogP contribution in [-0.4, -0.2) is 11.7 Å². The molecule has 23 heavy (non-hydrogen) atoms. The van der Waals surface area contributed by atoms with Crippen molar-refractivity contribution in [3.05, 3.63) is 46.3 Å². The number of nitriles is 1. The zero-order valence-corrected chi connectivity index (χ0v) is 14.4. The molecular weight excluding hydrogens is 324 g/mol. The molecule has 2 aromatic rings. The number of thioether (sulfide) groups is 1. The summed E-state index contributed by atoms with van der Waals surface area (Å²) >= 11 is 3.34. The zero-order valence-electron chi connectivity index (χ0n) is 12.8. The number of aryl methyl sites for hydroxylation is 1. The highest BCUT2D eigenvalue weighted by Crippen LogP contribution is 2.38. The van der Waals surface area contributed by atoms with E-state index in [2.05, 4.69) is 23.5 Å². The summed E-state index contributed by atoms with van der Waals surface area (Å²) < 4.78 is 0. The van der Waals surface area contributed by atoms with Crippen molar-refractivity contribution in [1.82, 2.24) is 0 Å². The average Bonchev–Trinajstić information content (AvgIpc) is 3.13. The van der Waals surface area contributed by atoms with Crippen LogP contribution >= 0.6 is 23.1 Å². The molecule has 1 aromatic heterocycles. The van der Waals surface area contributed by atoms with E-state index in [1.807, 2.05) is 18.2 Å². The van der Waals surface area contributed by atoms with Crippen molar-refractivity contribution in [3.63, 3.8) is 0 Å². The molecule has 0 atom stereocenters. The van der Waals surface area contributed by atoms with Crippen molar-refractivity contribution < 1.29 is 4.79 Å². The van der Waals surface area contributed by atoms with Crippen LogP contribution in [0.4, 0.5) is 5.00 Å². The third-order valence-electron chi connectivity index (χ3n) is 3.85. The average molecular weight is 342 g/mol. The number of nitrogens with one attached hydrogen (secondary N) is 1. The summed E-state index contributed by atoms with van der Waals surface area (Å²) in [7, 11) is 0. The number of hydrogen-bond donors (Lipinski definition) is 1. The standard InChI is InChI=1S/C18H18N2OS2/c19-12-15-14-8-4-9-16(14)23-18(15)20-17(21)10-5-11-22-13-6-2-1-3-7-13/h1-3,6-7H,4-5,8-11H2,(H,20,21). The summed E-state index contributed by atoms with van der Waals surface area (Å²) in [5.41, 5.74) is 1.85. The van der Waals surface area contributed by atoms with Crippen LogP contribution in [0.3, 0.4) is 0 Å². The maximum absolute atomic E-state index is 12.1. The van der Waals surface area contributed by atoms with Gasteiger partial charge in [0.15, 0.2) is 0 Å². The van der Waals surface area contributed by atoms with E-state index >= 15 is 0 Å². The van der Waals surface area contributed by atoms with Gasteiger partial charge in [-0.3, -0.25) is 4.79 Å². The van der Waals surface area contributed by atoms with Crippen molar-refractivity contribution in [2.24, 2.45) is 0 Å². The molecule has 0 radical (unpaired) electrons. The summed E-state index contributed by atoms with van der Waals surface area (Å²) in [6.45, 7) is 0. The molecule has 1 aliphatic rings. The summed E-state index contributed by atoms with van der Waals surface area (Å²) in [5, 5.41) is 13.0. The fourth-order valence-electron chi connectivity index (χ4n) is 2.74. The molecule has 0 aliphatic heterocycles. The summed E-state index contributed by atoms with van der Waals surface area (Å²) in [6.07, 6.45) is 4.46. The minimum Gasteiger partial charge on any atom is -0.317 e. The Hall–Kier alpha value is -1.77. The highest BCUT2D eigenvalue weighted by Gasteiger charge is 2.22. The van der Waals surface area contributed by atoms with Crippen molar-refractivity contribution in [1.29, 1.82) is 5.26 Å². The Morgan fingerprint density at radius 3 is 2.91 bits per heavy atom. The normalized spacial score (nSPS) is 12.7. The summed E-state index contributed by atoms with van der Waals surface area (Å²) in [6, 6.07) is 12.5. The molecule has 5 heteroatoms. The lowest BCUT2D eigenvalue weighted by Crippen LogP contribution is -2.11. The lowest BCUT2D eigenvalue weighted by Gasteiger charge is -2.04. The van der Waals surface area contributed by atoms with Gasteiger partial charge in [0.2, 0.25) is 5.91 Å². The number of rotatable bonds is 6. The van der Waals surface area contributed by atoms with Gasteiger partial charge in [-0.15, -0.1) is 23.1 Å². The number of amides is 1. The molecule has 1 aromatic carbocycles. The SMILES string of the molecule is N#Cc1c(NC(=O)CCCSc2ccccc2)sc2c1CCC2. The Bertz CT molecular complexity index is 731. The molecule has 1 amide bonds. The van der Waals surface area contributed by atoms with Gasteiger partial charge in [0.1, 0.15) is 11.1 Å². The van der Waals surface area contributed by atoms with Gasteiger partial charge in [-0.25, -0.2) is 0 Å². The van der Waals surface area contributed by atoms with E-state index < -0.39 is 0 Å². The van der Waals surface area contributed by atoms with Crippen LogP contribution in [0.2, 0.25) is 0 Å². The third-order valence-corrected chi connectivity index (χ3v) is 6.15. The Balaban J connectivity index is 1.48. The van der Waals surface area contributed by atoms with Gasteiger partial charge in [0.05, 0.1) is 5.56 Å². The van der Waals surface area contributed by atoms with Gasteiger partial charge in [-0.2, -0.15) is 5.26 Å². The Morgan fingerprint density at radius 2 is 2.13 bits per heavy atom. The second-order valence-electron chi connectivity index (χ2n) is 5.49. The summed E-state index contributed by atoms with van der Waals surface area (Å²) in [4.78, 5) is 14.6. The quantitative estimate of drug-likeness (QED) is 0.615. The van der Waals surface area contributed by atoms with Crippen LogP contribution in [0.15, 0.2) is 35.2 Å². The summed E-state index contributed by atoms with van der Waals surface area (Å²) in [5.74, 6) is 0.929. The van der Waals surface area contributed by atoms with Gasteiger partial charge in [0.25, 0.3) is 0 Å². The number of thiophene rings is 1. The van der Waals surface area contributed by atoms with Crippen LogP contribution in [0.25, 0.3) is 0 Å². The van der Waals surface area contributed by atoms with Crippen LogP contribution in [0.5, 0.6) is 0 Å². The topological polar surface area (TPSA) is 52.9 Å². The molecule has 0 saturated heterocycles. The van der Waals surface area contributed by atoms with Crippen molar-refractivity contribution in [2.75, 3.05) is 11.1 Å². The monoisotopic (exact) mass is 342 g/mol.